The highest BCUT2D eigenvalue weighted by Crippen LogP contribution is 2.09. The van der Waals surface area contributed by atoms with E-state index in [-0.39, 0.29) is 5.91 Å². The van der Waals surface area contributed by atoms with Gasteiger partial charge in [0.15, 0.2) is 0 Å². The van der Waals surface area contributed by atoms with E-state index in [1.807, 2.05) is 4.90 Å². The lowest BCUT2D eigenvalue weighted by atomic mass is 10.4. The highest BCUT2D eigenvalue weighted by molar-refractivity contribution is 7.78. The van der Waals surface area contributed by atoms with Crippen molar-refractivity contribution < 1.29 is 4.79 Å². The molecule has 3 nitrogen and oxygen atoms in total. The van der Waals surface area contributed by atoms with E-state index >= 15 is 0 Å². The van der Waals surface area contributed by atoms with Crippen LogP contribution in [0.15, 0.2) is 4.99 Å². The fourth-order valence-corrected chi connectivity index (χ4v) is 1.42. The minimum absolute atomic E-state index is 0.279. The first-order valence-corrected chi connectivity index (χ1v) is 4.57. The van der Waals surface area contributed by atoms with Gasteiger partial charge < -0.3 is 4.90 Å². The Bertz CT molecular complexity index is 211. The molecule has 1 amide bonds. The molecule has 1 aliphatic rings. The molecule has 1 rings (SSSR count). The van der Waals surface area contributed by atoms with Gasteiger partial charge in [-0.1, -0.05) is 0 Å². The number of hydrogen-bond donors (Lipinski definition) is 0. The molecule has 0 N–H and O–H groups in total. The molecule has 0 aliphatic carbocycles. The Hall–Kier alpha value is -0.730. The van der Waals surface area contributed by atoms with Crippen molar-refractivity contribution in [3.8, 4) is 0 Å². The number of likely N-dealkylation sites (tertiary alicyclic amines) is 1. The Morgan fingerprint density at radius 1 is 1.67 bits per heavy atom. The van der Waals surface area contributed by atoms with Crippen molar-refractivity contribution in [3.63, 3.8) is 0 Å². The Balaban J connectivity index is 2.14. The van der Waals surface area contributed by atoms with Gasteiger partial charge in [-0.2, -0.15) is 0 Å². The zero-order valence-electron chi connectivity index (χ0n) is 6.95. The van der Waals surface area contributed by atoms with Gasteiger partial charge in [-0.15, -0.1) is 0 Å². The number of aliphatic imine (C=N–C) groups is 1. The average Bonchev–Trinajstić information content (AvgIpc) is 2.46. The molecule has 1 heterocycles. The summed E-state index contributed by atoms with van der Waals surface area (Å²) < 4.78 is 0. The Labute approximate surface area is 77.5 Å². The number of carbonyl (C=O) groups excluding carboxylic acids is 1. The Morgan fingerprint density at radius 3 is 3.08 bits per heavy atom. The topological polar surface area (TPSA) is 32.7 Å². The molecule has 0 aromatic heterocycles. The lowest BCUT2D eigenvalue weighted by molar-refractivity contribution is -0.127. The number of thiocarbonyl (C=S) groups is 1. The molecule has 4 heteroatoms. The van der Waals surface area contributed by atoms with Gasteiger partial charge >= 0.3 is 0 Å². The van der Waals surface area contributed by atoms with E-state index in [1.165, 1.54) is 0 Å². The summed E-state index contributed by atoms with van der Waals surface area (Å²) >= 11 is 4.43. The van der Waals surface area contributed by atoms with Gasteiger partial charge in [-0.05, 0) is 25.1 Å². The van der Waals surface area contributed by atoms with Crippen LogP contribution in [0.2, 0.25) is 0 Å². The van der Waals surface area contributed by atoms with Crippen molar-refractivity contribution in [2.45, 2.75) is 19.3 Å². The highest BCUT2D eigenvalue weighted by atomic mass is 32.1. The van der Waals surface area contributed by atoms with Crippen LogP contribution in [0.5, 0.6) is 0 Å². The van der Waals surface area contributed by atoms with Gasteiger partial charge in [0, 0.05) is 19.5 Å². The number of nitrogens with zero attached hydrogens (tertiary/aromatic N) is 2. The molecule has 12 heavy (non-hydrogen) atoms. The van der Waals surface area contributed by atoms with E-state index in [0.29, 0.717) is 6.54 Å². The third-order valence-electron chi connectivity index (χ3n) is 1.93. The van der Waals surface area contributed by atoms with Crippen molar-refractivity contribution >= 4 is 23.3 Å². The van der Waals surface area contributed by atoms with Crippen molar-refractivity contribution in [1.29, 1.82) is 0 Å². The molecule has 1 aliphatic heterocycles. The summed E-state index contributed by atoms with van der Waals surface area (Å²) in [5.74, 6) is 0.279. The molecule has 66 valence electrons. The molecule has 0 radical (unpaired) electrons. The van der Waals surface area contributed by atoms with Crippen molar-refractivity contribution in [2.24, 2.45) is 4.99 Å². The monoisotopic (exact) mass is 184 g/mol. The van der Waals surface area contributed by atoms with Crippen LogP contribution in [-0.4, -0.2) is 35.6 Å². The van der Waals surface area contributed by atoms with Gasteiger partial charge in [0.05, 0.1) is 11.7 Å². The standard InChI is InChI=1S/C8H12N2OS/c11-8-3-1-5-10(8)6-2-4-9-7-12/h1-6H2. The summed E-state index contributed by atoms with van der Waals surface area (Å²) in [7, 11) is 0. The molecule has 0 saturated carbocycles. The number of rotatable bonds is 4. The summed E-state index contributed by atoms with van der Waals surface area (Å²) in [4.78, 5) is 16.8. The smallest absolute Gasteiger partial charge is 0.222 e. The second-order valence-electron chi connectivity index (χ2n) is 2.81. The van der Waals surface area contributed by atoms with E-state index in [0.717, 1.165) is 32.4 Å². The maximum Gasteiger partial charge on any atom is 0.222 e. The lowest BCUT2D eigenvalue weighted by Crippen LogP contribution is -2.25. The van der Waals surface area contributed by atoms with Crippen LogP contribution in [-0.2, 0) is 4.79 Å². The molecule has 0 unspecified atom stereocenters. The Morgan fingerprint density at radius 2 is 2.50 bits per heavy atom. The molecule has 0 spiro atoms. The summed E-state index contributed by atoms with van der Waals surface area (Å²) in [5, 5.41) is 2.31. The first-order valence-electron chi connectivity index (χ1n) is 4.16. The molecule has 0 bridgehead atoms. The molecule has 1 saturated heterocycles. The van der Waals surface area contributed by atoms with E-state index < -0.39 is 0 Å². The first-order chi connectivity index (χ1) is 5.84. The third-order valence-corrected chi connectivity index (χ3v) is 2.06. The average molecular weight is 184 g/mol. The van der Waals surface area contributed by atoms with Gasteiger partial charge in [0.1, 0.15) is 0 Å². The van der Waals surface area contributed by atoms with Crippen molar-refractivity contribution in [3.05, 3.63) is 0 Å². The molecule has 0 atom stereocenters. The third kappa shape index (κ3) is 2.72. The summed E-state index contributed by atoms with van der Waals surface area (Å²) in [6, 6.07) is 0. The zero-order chi connectivity index (χ0) is 8.81. The van der Waals surface area contributed by atoms with Gasteiger partial charge in [0.25, 0.3) is 0 Å². The largest absolute Gasteiger partial charge is 0.343 e. The predicted octanol–water partition coefficient (Wildman–Crippen LogP) is 1.10. The number of hydrogen-bond acceptors (Lipinski definition) is 3. The van der Waals surface area contributed by atoms with Crippen molar-refractivity contribution in [2.75, 3.05) is 19.6 Å². The van der Waals surface area contributed by atoms with E-state index in [9.17, 15) is 4.79 Å². The van der Waals surface area contributed by atoms with Crippen LogP contribution in [0.3, 0.4) is 0 Å². The highest BCUT2D eigenvalue weighted by Gasteiger charge is 2.18. The molecule has 0 aromatic rings. The Kier molecular flexibility index (Phi) is 3.91. The van der Waals surface area contributed by atoms with Crippen LogP contribution in [0.25, 0.3) is 0 Å². The van der Waals surface area contributed by atoms with Crippen LogP contribution in [0.1, 0.15) is 19.3 Å². The predicted molar refractivity (Wildman–Crippen MR) is 50.3 cm³/mol. The summed E-state index contributed by atoms with van der Waals surface area (Å²) in [5.41, 5.74) is 0. The maximum atomic E-state index is 11.1. The van der Waals surface area contributed by atoms with Gasteiger partial charge in [-0.3, -0.25) is 4.79 Å². The minimum Gasteiger partial charge on any atom is -0.343 e. The fourth-order valence-electron chi connectivity index (χ4n) is 1.33. The van der Waals surface area contributed by atoms with Crippen LogP contribution in [0, 0.1) is 0 Å². The number of isothiocyanates is 1. The van der Waals surface area contributed by atoms with Crippen LogP contribution < -0.4 is 0 Å². The fraction of sp³-hybridized carbons (Fsp3) is 0.750. The zero-order valence-corrected chi connectivity index (χ0v) is 7.77. The number of amides is 1. The normalized spacial score (nSPS) is 16.3. The van der Waals surface area contributed by atoms with Gasteiger partial charge in [0.2, 0.25) is 5.91 Å². The maximum absolute atomic E-state index is 11.1. The van der Waals surface area contributed by atoms with Crippen molar-refractivity contribution in [1.82, 2.24) is 4.90 Å². The van der Waals surface area contributed by atoms with E-state index in [4.69, 9.17) is 0 Å². The number of carbonyl (C=O) groups is 1. The van der Waals surface area contributed by atoms with Crippen LogP contribution in [0.4, 0.5) is 0 Å². The quantitative estimate of drug-likeness (QED) is 0.372. The second-order valence-corrected chi connectivity index (χ2v) is 2.99. The summed E-state index contributed by atoms with van der Waals surface area (Å²) in [6.45, 7) is 2.42. The minimum atomic E-state index is 0.279. The second kappa shape index (κ2) is 5.01. The molecule has 1 fully saturated rings. The molecule has 0 aromatic carbocycles. The SMILES string of the molecule is O=C1CCCN1CCCN=C=S. The van der Waals surface area contributed by atoms with E-state index in [2.05, 4.69) is 22.4 Å². The summed E-state index contributed by atoms with van der Waals surface area (Å²) in [6.07, 6.45) is 2.63. The van der Waals surface area contributed by atoms with Crippen LogP contribution >= 0.6 is 12.2 Å². The van der Waals surface area contributed by atoms with Gasteiger partial charge in [-0.25, -0.2) is 4.99 Å². The first kappa shape index (κ1) is 9.36. The molecular formula is C8H12N2OS. The lowest BCUT2D eigenvalue weighted by Gasteiger charge is -2.13. The molecular weight excluding hydrogens is 172 g/mol. The van der Waals surface area contributed by atoms with E-state index in [1.54, 1.807) is 0 Å².